The smallest absolute Gasteiger partial charge is 0.339 e. The summed E-state index contributed by atoms with van der Waals surface area (Å²) in [5, 5.41) is 9.49. The van der Waals surface area contributed by atoms with Crippen LogP contribution in [0.3, 0.4) is 0 Å². The predicted octanol–water partition coefficient (Wildman–Crippen LogP) is 4.05. The lowest BCUT2D eigenvalue weighted by Crippen LogP contribution is -2.24. The number of carboxylic acid groups (broad SMARTS) is 1. The van der Waals surface area contributed by atoms with Crippen LogP contribution < -0.4 is 9.64 Å². The molecule has 1 aromatic heterocycles. The number of likely N-dealkylation sites (N-methyl/N-ethyl adjacent to an activating group) is 1. The highest BCUT2D eigenvalue weighted by atomic mass is 16.5. The number of aryl methyl sites for hydroxylation is 2. The van der Waals surface area contributed by atoms with Crippen LogP contribution in [0.25, 0.3) is 0 Å². The Bertz CT molecular complexity index is 990. The van der Waals surface area contributed by atoms with E-state index in [0.29, 0.717) is 23.9 Å². The highest BCUT2D eigenvalue weighted by Crippen LogP contribution is 2.21. The number of ether oxygens (including phenoxy) is 1. The molecule has 0 amide bonds. The van der Waals surface area contributed by atoms with Crippen molar-refractivity contribution in [2.45, 2.75) is 26.9 Å². The Balaban J connectivity index is 1.75. The third-order valence-corrected chi connectivity index (χ3v) is 4.70. The summed E-state index contributed by atoms with van der Waals surface area (Å²) in [5.74, 6) is 0.123. The molecule has 6 nitrogen and oxygen atoms in total. The Labute approximate surface area is 170 Å². The molecule has 0 saturated heterocycles. The summed E-state index contributed by atoms with van der Waals surface area (Å²) in [6.45, 7) is 4.76. The van der Waals surface area contributed by atoms with E-state index in [1.54, 1.807) is 0 Å². The summed E-state index contributed by atoms with van der Waals surface area (Å²) in [4.78, 5) is 22.2. The molecule has 0 bridgehead atoms. The molecule has 0 atom stereocenters. The van der Waals surface area contributed by atoms with E-state index in [1.165, 1.54) is 11.8 Å². The number of benzene rings is 2. The summed E-state index contributed by atoms with van der Waals surface area (Å²) >= 11 is 0. The second-order valence-electron chi connectivity index (χ2n) is 7.05. The largest absolute Gasteiger partial charge is 0.487 e. The lowest BCUT2D eigenvalue weighted by atomic mass is 10.1. The first-order valence-electron chi connectivity index (χ1n) is 9.48. The second-order valence-corrected chi connectivity index (χ2v) is 7.05. The lowest BCUT2D eigenvalue weighted by molar-refractivity contribution is 0.0692. The number of hydrogen-bond donors (Lipinski definition) is 1. The van der Waals surface area contributed by atoms with E-state index in [-0.39, 0.29) is 12.2 Å². The van der Waals surface area contributed by atoms with Gasteiger partial charge >= 0.3 is 5.97 Å². The Morgan fingerprint density at radius 1 is 1.14 bits per heavy atom. The number of nitrogens with zero attached hydrogens (tertiary/aromatic N) is 3. The van der Waals surface area contributed by atoms with Gasteiger partial charge in [0.1, 0.15) is 17.9 Å². The molecular formula is C23H25N3O3. The zero-order chi connectivity index (χ0) is 20.8. The normalized spacial score (nSPS) is 10.6. The topological polar surface area (TPSA) is 75.5 Å². The zero-order valence-electron chi connectivity index (χ0n) is 16.9. The van der Waals surface area contributed by atoms with Crippen LogP contribution in [0.5, 0.6) is 5.75 Å². The molecule has 0 radical (unpaired) electrons. The number of carboxylic acids is 1. The number of aromatic nitrogens is 2. The zero-order valence-corrected chi connectivity index (χ0v) is 16.9. The van der Waals surface area contributed by atoms with E-state index in [9.17, 15) is 9.90 Å². The maximum atomic E-state index is 11.6. The van der Waals surface area contributed by atoms with Gasteiger partial charge in [-0.2, -0.15) is 0 Å². The molecular weight excluding hydrogens is 366 g/mol. The average Bonchev–Trinajstić information content (AvgIpc) is 2.71. The molecule has 29 heavy (non-hydrogen) atoms. The number of aromatic carboxylic acids is 1. The predicted molar refractivity (Wildman–Crippen MR) is 113 cm³/mol. The van der Waals surface area contributed by atoms with Crippen molar-refractivity contribution < 1.29 is 14.6 Å². The van der Waals surface area contributed by atoms with Crippen LogP contribution in [-0.4, -0.2) is 34.6 Å². The number of hydrogen-bond acceptors (Lipinski definition) is 5. The van der Waals surface area contributed by atoms with Gasteiger partial charge in [0.05, 0.1) is 5.69 Å². The summed E-state index contributed by atoms with van der Waals surface area (Å²) in [6, 6.07) is 16.0. The lowest BCUT2D eigenvalue weighted by Gasteiger charge is -2.18. The van der Waals surface area contributed by atoms with Crippen LogP contribution >= 0.6 is 0 Å². The first-order valence-corrected chi connectivity index (χ1v) is 9.48. The van der Waals surface area contributed by atoms with Crippen molar-refractivity contribution in [2.24, 2.45) is 0 Å². The van der Waals surface area contributed by atoms with Gasteiger partial charge in [-0.05, 0) is 37.5 Å². The first kappa shape index (κ1) is 20.3. The van der Waals surface area contributed by atoms with E-state index in [4.69, 9.17) is 4.74 Å². The Hall–Kier alpha value is -3.41. The summed E-state index contributed by atoms with van der Waals surface area (Å²) in [5.41, 5.74) is 3.77. The minimum Gasteiger partial charge on any atom is -0.487 e. The highest BCUT2D eigenvalue weighted by molar-refractivity contribution is 5.88. The molecule has 0 fully saturated rings. The summed E-state index contributed by atoms with van der Waals surface area (Å²) in [6.07, 6.45) is 2.19. The third kappa shape index (κ3) is 5.31. The molecule has 2 aromatic carbocycles. The monoisotopic (exact) mass is 391 g/mol. The maximum Gasteiger partial charge on any atom is 0.339 e. The maximum absolute atomic E-state index is 11.6. The van der Waals surface area contributed by atoms with Crippen molar-refractivity contribution in [1.29, 1.82) is 0 Å². The van der Waals surface area contributed by atoms with E-state index in [0.717, 1.165) is 17.5 Å². The minimum atomic E-state index is -1.07. The van der Waals surface area contributed by atoms with Crippen molar-refractivity contribution in [3.8, 4) is 5.75 Å². The van der Waals surface area contributed by atoms with Crippen molar-refractivity contribution in [3.05, 3.63) is 82.7 Å². The summed E-state index contributed by atoms with van der Waals surface area (Å²) < 4.78 is 5.86. The molecule has 0 spiro atoms. The van der Waals surface area contributed by atoms with Crippen LogP contribution in [0.4, 0.5) is 5.95 Å². The quantitative estimate of drug-likeness (QED) is 0.624. The van der Waals surface area contributed by atoms with Crippen LogP contribution in [-0.2, 0) is 13.0 Å². The molecule has 0 aliphatic carbocycles. The van der Waals surface area contributed by atoms with Gasteiger partial charge in [0.15, 0.2) is 0 Å². The second kappa shape index (κ2) is 9.19. The fraction of sp³-hybridized carbons (Fsp3) is 0.261. The number of carbonyl (C=O) groups is 1. The van der Waals surface area contributed by atoms with Crippen molar-refractivity contribution in [1.82, 2.24) is 9.97 Å². The SMILES string of the molecule is Cc1ccc(OCc2nc(N(C)CCc3ccccc3)ncc2C(=O)O)c(C)c1. The van der Waals surface area contributed by atoms with Crippen LogP contribution in [0.1, 0.15) is 32.7 Å². The van der Waals surface area contributed by atoms with Crippen LogP contribution in [0.2, 0.25) is 0 Å². The average molecular weight is 391 g/mol. The molecule has 150 valence electrons. The van der Waals surface area contributed by atoms with Gasteiger partial charge < -0.3 is 14.7 Å². The van der Waals surface area contributed by atoms with Crippen molar-refractivity contribution >= 4 is 11.9 Å². The molecule has 3 aromatic rings. The van der Waals surface area contributed by atoms with Gasteiger partial charge in [-0.25, -0.2) is 14.8 Å². The minimum absolute atomic E-state index is 0.0509. The molecule has 0 aliphatic heterocycles. The Morgan fingerprint density at radius 2 is 1.90 bits per heavy atom. The van der Waals surface area contributed by atoms with E-state index < -0.39 is 5.97 Å². The molecule has 0 aliphatic rings. The van der Waals surface area contributed by atoms with Crippen LogP contribution in [0, 0.1) is 13.8 Å². The molecule has 1 heterocycles. The molecule has 3 rings (SSSR count). The van der Waals surface area contributed by atoms with E-state index >= 15 is 0 Å². The van der Waals surface area contributed by atoms with Crippen molar-refractivity contribution in [2.75, 3.05) is 18.5 Å². The van der Waals surface area contributed by atoms with Gasteiger partial charge in [-0.3, -0.25) is 0 Å². The standard InChI is InChI=1S/C23H25N3O3/c1-16-9-10-21(17(2)13-16)29-15-20-19(22(27)28)14-24-23(25-20)26(3)12-11-18-7-5-4-6-8-18/h4-10,13-14H,11-12,15H2,1-3H3,(H,27,28). The highest BCUT2D eigenvalue weighted by Gasteiger charge is 2.16. The molecule has 0 saturated carbocycles. The van der Waals surface area contributed by atoms with Gasteiger partial charge in [0, 0.05) is 19.8 Å². The number of rotatable bonds is 8. The molecule has 1 N–H and O–H groups in total. The van der Waals surface area contributed by atoms with Gasteiger partial charge in [0.2, 0.25) is 5.95 Å². The van der Waals surface area contributed by atoms with Gasteiger partial charge in [-0.1, -0.05) is 48.0 Å². The van der Waals surface area contributed by atoms with E-state index in [1.807, 2.05) is 62.2 Å². The van der Waals surface area contributed by atoms with Gasteiger partial charge in [0.25, 0.3) is 0 Å². The number of anilines is 1. The molecule has 6 heteroatoms. The molecule has 0 unspecified atom stereocenters. The van der Waals surface area contributed by atoms with E-state index in [2.05, 4.69) is 22.1 Å². The van der Waals surface area contributed by atoms with Gasteiger partial charge in [-0.15, -0.1) is 0 Å². The first-order chi connectivity index (χ1) is 13.9. The Kier molecular flexibility index (Phi) is 6.44. The van der Waals surface area contributed by atoms with Crippen molar-refractivity contribution in [3.63, 3.8) is 0 Å². The fourth-order valence-electron chi connectivity index (χ4n) is 3.03. The Morgan fingerprint density at radius 3 is 2.59 bits per heavy atom. The fourth-order valence-corrected chi connectivity index (χ4v) is 3.03. The third-order valence-electron chi connectivity index (χ3n) is 4.70. The summed E-state index contributed by atoms with van der Waals surface area (Å²) in [7, 11) is 1.90. The van der Waals surface area contributed by atoms with Crippen LogP contribution in [0.15, 0.2) is 54.7 Å².